The first-order valence-corrected chi connectivity index (χ1v) is 14.6. The number of hydrogen-bond acceptors (Lipinski definition) is 6. The molecule has 1 saturated carbocycles. The van der Waals surface area contributed by atoms with Gasteiger partial charge in [-0.3, -0.25) is 28.9 Å². The first kappa shape index (κ1) is 27.1. The van der Waals surface area contributed by atoms with E-state index in [1.807, 2.05) is 37.3 Å². The van der Waals surface area contributed by atoms with Crippen LogP contribution in [0.15, 0.2) is 78.4 Å². The number of nitrogens with zero attached hydrogens (tertiary/aromatic N) is 2. The Labute approximate surface area is 247 Å². The Morgan fingerprint density at radius 1 is 0.884 bits per heavy atom. The molecule has 9 heteroatoms. The van der Waals surface area contributed by atoms with Gasteiger partial charge in [-0.2, -0.15) is 0 Å². The second-order valence-electron chi connectivity index (χ2n) is 12.2. The summed E-state index contributed by atoms with van der Waals surface area (Å²) in [6, 6.07) is 19.6. The van der Waals surface area contributed by atoms with Gasteiger partial charge in [0.2, 0.25) is 23.6 Å². The molecular formula is C34H30N2O7. The molecule has 2 aliphatic carbocycles. The third kappa shape index (κ3) is 3.73. The number of anilines is 1. The highest BCUT2D eigenvalue weighted by Crippen LogP contribution is 2.64. The standard InChI is InChI=1S/C34H30N2O7/c1-34-25(31(41)36(33(34)43)18-7-3-2-4-8-18)17-24-22(29(34)21-13-14-26(37)20-10-6-5-9-19(20)21)11-12-23-28(24)32(42)35(30(23)40)16-15-27(38)39/h2-11,13-14,23-25,28-29,37H,12,15-17H2,1H3,(H,38,39)/t23-,24+,25-,28-,29-,34+/m0/s1. The van der Waals surface area contributed by atoms with Crippen LogP contribution in [-0.2, 0) is 24.0 Å². The van der Waals surface area contributed by atoms with Gasteiger partial charge >= 0.3 is 5.97 Å². The number of para-hydroxylation sites is 1. The zero-order chi connectivity index (χ0) is 30.2. The number of allylic oxidation sites excluding steroid dienone is 2. The summed E-state index contributed by atoms with van der Waals surface area (Å²) in [7, 11) is 0. The van der Waals surface area contributed by atoms with Crippen molar-refractivity contribution < 1.29 is 34.2 Å². The Balaban J connectivity index is 1.41. The molecule has 2 N–H and O–H groups in total. The summed E-state index contributed by atoms with van der Waals surface area (Å²) in [4.78, 5) is 69.5. The van der Waals surface area contributed by atoms with Crippen LogP contribution in [0.1, 0.15) is 37.7 Å². The van der Waals surface area contributed by atoms with E-state index in [1.54, 1.807) is 42.5 Å². The van der Waals surface area contributed by atoms with Crippen LogP contribution in [0, 0.1) is 29.1 Å². The second kappa shape index (κ2) is 9.62. The minimum Gasteiger partial charge on any atom is -0.507 e. The number of rotatable bonds is 5. The summed E-state index contributed by atoms with van der Waals surface area (Å²) < 4.78 is 0. The van der Waals surface area contributed by atoms with Crippen molar-refractivity contribution in [2.45, 2.75) is 32.1 Å². The van der Waals surface area contributed by atoms with Crippen LogP contribution in [0.4, 0.5) is 5.69 Å². The molecule has 3 fully saturated rings. The Morgan fingerprint density at radius 3 is 2.30 bits per heavy atom. The van der Waals surface area contributed by atoms with Crippen molar-refractivity contribution in [2.24, 2.45) is 29.1 Å². The molecule has 2 saturated heterocycles. The van der Waals surface area contributed by atoms with Gasteiger partial charge in [0.1, 0.15) is 5.75 Å². The van der Waals surface area contributed by atoms with Crippen LogP contribution in [-0.4, -0.2) is 51.3 Å². The largest absolute Gasteiger partial charge is 0.507 e. The average Bonchev–Trinajstić information content (AvgIpc) is 3.36. The number of carbonyl (C=O) groups is 5. The quantitative estimate of drug-likeness (QED) is 0.342. The molecule has 0 spiro atoms. The number of carboxylic acid groups (broad SMARTS) is 1. The first-order valence-electron chi connectivity index (χ1n) is 14.6. The van der Waals surface area contributed by atoms with Gasteiger partial charge in [0, 0.05) is 17.8 Å². The van der Waals surface area contributed by atoms with E-state index in [0.29, 0.717) is 11.1 Å². The number of benzene rings is 3. The van der Waals surface area contributed by atoms with Gasteiger partial charge in [0.25, 0.3) is 0 Å². The molecule has 6 atom stereocenters. The van der Waals surface area contributed by atoms with Crippen molar-refractivity contribution in [1.82, 2.24) is 4.90 Å². The van der Waals surface area contributed by atoms with Crippen LogP contribution >= 0.6 is 0 Å². The molecule has 3 aromatic rings. The van der Waals surface area contributed by atoms with Crippen LogP contribution < -0.4 is 4.90 Å². The summed E-state index contributed by atoms with van der Waals surface area (Å²) >= 11 is 0. The van der Waals surface area contributed by atoms with Gasteiger partial charge in [-0.1, -0.05) is 60.2 Å². The van der Waals surface area contributed by atoms with Gasteiger partial charge in [-0.15, -0.1) is 0 Å². The van der Waals surface area contributed by atoms with Crippen molar-refractivity contribution in [3.05, 3.63) is 83.9 Å². The molecule has 7 rings (SSSR count). The maximum atomic E-state index is 14.5. The number of phenolic OH excluding ortho intramolecular Hbond substituents is 1. The van der Waals surface area contributed by atoms with E-state index in [4.69, 9.17) is 0 Å². The molecule has 0 bridgehead atoms. The van der Waals surface area contributed by atoms with Crippen molar-refractivity contribution in [1.29, 1.82) is 0 Å². The number of aromatic hydroxyl groups is 1. The molecule has 0 unspecified atom stereocenters. The summed E-state index contributed by atoms with van der Waals surface area (Å²) in [6.07, 6.45) is 2.12. The first-order chi connectivity index (χ1) is 20.6. The van der Waals surface area contributed by atoms with E-state index in [1.165, 1.54) is 4.90 Å². The third-order valence-corrected chi connectivity index (χ3v) is 10.2. The summed E-state index contributed by atoms with van der Waals surface area (Å²) in [5, 5.41) is 21.3. The maximum absolute atomic E-state index is 14.5. The predicted octanol–water partition coefficient (Wildman–Crippen LogP) is 4.25. The molecule has 0 radical (unpaired) electrons. The van der Waals surface area contributed by atoms with Gasteiger partial charge in [-0.05, 0) is 54.8 Å². The summed E-state index contributed by atoms with van der Waals surface area (Å²) in [5.74, 6) is -5.73. The number of carbonyl (C=O) groups excluding carboxylic acids is 4. The lowest BCUT2D eigenvalue weighted by atomic mass is 9.51. The Bertz CT molecular complexity index is 1760. The fraction of sp³-hybridized carbons (Fsp3) is 0.324. The normalized spacial score (nSPS) is 29.9. The lowest BCUT2D eigenvalue weighted by molar-refractivity contribution is -0.142. The monoisotopic (exact) mass is 578 g/mol. The molecule has 2 aliphatic heterocycles. The van der Waals surface area contributed by atoms with Gasteiger partial charge in [0.15, 0.2) is 0 Å². The summed E-state index contributed by atoms with van der Waals surface area (Å²) in [5.41, 5.74) is 0.888. The molecule has 43 heavy (non-hydrogen) atoms. The fourth-order valence-electron chi connectivity index (χ4n) is 8.23. The molecular weight excluding hydrogens is 548 g/mol. The minimum absolute atomic E-state index is 0.0940. The SMILES string of the molecule is C[C@@]12C(=O)N(c3ccccc3)C(=O)[C@@H]1C[C@@H]1C(=CC[C@@H]3C(=O)N(CCC(=O)O)C(=O)[C@@H]31)[C@@H]2c1ccc(O)c2ccccc12. The predicted molar refractivity (Wildman–Crippen MR) is 156 cm³/mol. The van der Waals surface area contributed by atoms with E-state index in [9.17, 15) is 34.2 Å². The lowest BCUT2D eigenvalue weighted by Crippen LogP contribution is -2.49. The van der Waals surface area contributed by atoms with Crippen molar-refractivity contribution in [3.63, 3.8) is 0 Å². The number of imide groups is 2. The Morgan fingerprint density at radius 2 is 1.58 bits per heavy atom. The highest BCUT2D eigenvalue weighted by molar-refractivity contribution is 6.24. The number of fused-ring (bicyclic) bond motifs is 5. The van der Waals surface area contributed by atoms with Gasteiger partial charge in [-0.25, -0.2) is 4.90 Å². The molecule has 2 heterocycles. The van der Waals surface area contributed by atoms with Crippen LogP contribution in [0.25, 0.3) is 10.8 Å². The number of amides is 4. The topological polar surface area (TPSA) is 132 Å². The maximum Gasteiger partial charge on any atom is 0.305 e. The lowest BCUT2D eigenvalue weighted by Gasteiger charge is -2.49. The van der Waals surface area contributed by atoms with Crippen molar-refractivity contribution in [2.75, 3.05) is 11.4 Å². The van der Waals surface area contributed by atoms with E-state index in [0.717, 1.165) is 21.4 Å². The van der Waals surface area contributed by atoms with E-state index >= 15 is 0 Å². The summed E-state index contributed by atoms with van der Waals surface area (Å²) in [6.45, 7) is 1.63. The number of carboxylic acids is 1. The van der Waals surface area contributed by atoms with E-state index in [-0.39, 0.29) is 49.3 Å². The highest BCUT2D eigenvalue weighted by Gasteiger charge is 2.67. The van der Waals surface area contributed by atoms with Gasteiger partial charge < -0.3 is 10.2 Å². The Kier molecular flexibility index (Phi) is 6.06. The van der Waals surface area contributed by atoms with Crippen LogP contribution in [0.5, 0.6) is 5.75 Å². The van der Waals surface area contributed by atoms with Crippen molar-refractivity contribution >= 4 is 46.1 Å². The molecule has 0 aromatic heterocycles. The molecule has 4 aliphatic rings. The minimum atomic E-state index is -1.20. The number of likely N-dealkylation sites (tertiary alicyclic amines) is 1. The fourth-order valence-corrected chi connectivity index (χ4v) is 8.23. The molecule has 3 aromatic carbocycles. The second-order valence-corrected chi connectivity index (χ2v) is 12.2. The average molecular weight is 579 g/mol. The van der Waals surface area contributed by atoms with Gasteiger partial charge in [0.05, 0.1) is 35.3 Å². The van der Waals surface area contributed by atoms with Crippen molar-refractivity contribution in [3.8, 4) is 5.75 Å². The Hall–Kier alpha value is -4.79. The van der Waals surface area contributed by atoms with E-state index < -0.39 is 46.9 Å². The number of phenols is 1. The van der Waals surface area contributed by atoms with E-state index in [2.05, 4.69) is 0 Å². The zero-order valence-electron chi connectivity index (χ0n) is 23.5. The zero-order valence-corrected chi connectivity index (χ0v) is 23.5. The highest BCUT2D eigenvalue weighted by atomic mass is 16.4. The van der Waals surface area contributed by atoms with Crippen LogP contribution in [0.2, 0.25) is 0 Å². The number of hydrogen-bond donors (Lipinski definition) is 2. The molecule has 218 valence electrons. The third-order valence-electron chi connectivity index (χ3n) is 10.2. The molecule has 4 amide bonds. The smallest absolute Gasteiger partial charge is 0.305 e. The van der Waals surface area contributed by atoms with Crippen LogP contribution in [0.3, 0.4) is 0 Å². The number of aliphatic carboxylic acids is 1. The molecule has 9 nitrogen and oxygen atoms in total.